The first-order chi connectivity index (χ1) is 9.67. The molecule has 0 atom stereocenters. The number of hydrogen-bond donors (Lipinski definition) is 2. The first-order valence-electron chi connectivity index (χ1n) is 5.90. The molecule has 0 aliphatic carbocycles. The van der Waals surface area contributed by atoms with Gasteiger partial charge in [0.25, 0.3) is 5.91 Å². The summed E-state index contributed by atoms with van der Waals surface area (Å²) < 4.78 is 0. The predicted octanol–water partition coefficient (Wildman–Crippen LogP) is 1.87. The highest BCUT2D eigenvalue weighted by atomic mass is 35.5. The SMILES string of the molecule is N#CCCN/C=C(/C#N)C(=O)NCc1ccc(Cl)cc1. The van der Waals surface area contributed by atoms with Crippen molar-refractivity contribution >= 4 is 17.5 Å². The van der Waals surface area contributed by atoms with Crippen molar-refractivity contribution in [2.24, 2.45) is 0 Å². The molecule has 6 heteroatoms. The van der Waals surface area contributed by atoms with Crippen LogP contribution in [0.15, 0.2) is 36.0 Å². The summed E-state index contributed by atoms with van der Waals surface area (Å²) in [4.78, 5) is 11.7. The van der Waals surface area contributed by atoms with Crippen molar-refractivity contribution in [2.75, 3.05) is 6.54 Å². The van der Waals surface area contributed by atoms with Crippen LogP contribution in [-0.2, 0) is 11.3 Å². The van der Waals surface area contributed by atoms with E-state index in [9.17, 15) is 4.79 Å². The van der Waals surface area contributed by atoms with Gasteiger partial charge in [0.2, 0.25) is 0 Å². The molecule has 0 fully saturated rings. The normalized spacial score (nSPS) is 10.2. The highest BCUT2D eigenvalue weighted by molar-refractivity contribution is 6.30. The topological polar surface area (TPSA) is 88.7 Å². The second-order valence-electron chi connectivity index (χ2n) is 3.84. The van der Waals surface area contributed by atoms with Crippen molar-refractivity contribution < 1.29 is 4.79 Å². The molecule has 20 heavy (non-hydrogen) atoms. The maximum absolute atomic E-state index is 11.7. The molecule has 1 rings (SSSR count). The van der Waals surface area contributed by atoms with Crippen LogP contribution in [0.2, 0.25) is 5.02 Å². The van der Waals surface area contributed by atoms with Crippen LogP contribution in [0.4, 0.5) is 0 Å². The van der Waals surface area contributed by atoms with E-state index < -0.39 is 5.91 Å². The Morgan fingerprint density at radius 2 is 2.00 bits per heavy atom. The average Bonchev–Trinajstić information content (AvgIpc) is 2.46. The van der Waals surface area contributed by atoms with Gasteiger partial charge < -0.3 is 10.6 Å². The van der Waals surface area contributed by atoms with Crippen LogP contribution in [0.3, 0.4) is 0 Å². The zero-order chi connectivity index (χ0) is 14.8. The molecule has 1 amide bonds. The fourth-order valence-electron chi connectivity index (χ4n) is 1.33. The molecule has 0 spiro atoms. The van der Waals surface area contributed by atoms with Gasteiger partial charge in [-0.2, -0.15) is 10.5 Å². The number of hydrogen-bond acceptors (Lipinski definition) is 4. The fourth-order valence-corrected chi connectivity index (χ4v) is 1.46. The molecule has 0 saturated heterocycles. The summed E-state index contributed by atoms with van der Waals surface area (Å²) in [5.41, 5.74) is 0.856. The number of benzene rings is 1. The van der Waals surface area contributed by atoms with Gasteiger partial charge in [-0.25, -0.2) is 0 Å². The summed E-state index contributed by atoms with van der Waals surface area (Å²) in [6.07, 6.45) is 1.62. The molecule has 2 N–H and O–H groups in total. The van der Waals surface area contributed by atoms with Crippen molar-refractivity contribution in [1.82, 2.24) is 10.6 Å². The van der Waals surface area contributed by atoms with E-state index in [1.165, 1.54) is 6.20 Å². The maximum Gasteiger partial charge on any atom is 0.263 e. The Morgan fingerprint density at radius 3 is 2.60 bits per heavy atom. The number of nitrogens with zero attached hydrogens (tertiary/aromatic N) is 2. The number of nitriles is 2. The van der Waals surface area contributed by atoms with Gasteiger partial charge in [-0.05, 0) is 17.7 Å². The molecule has 1 aromatic carbocycles. The van der Waals surface area contributed by atoms with E-state index in [-0.39, 0.29) is 5.57 Å². The Hall–Kier alpha value is -2.50. The van der Waals surface area contributed by atoms with Gasteiger partial charge in [0, 0.05) is 24.3 Å². The molecule has 0 aliphatic rings. The molecule has 1 aromatic rings. The van der Waals surface area contributed by atoms with Crippen LogP contribution >= 0.6 is 11.6 Å². The molecule has 0 heterocycles. The van der Waals surface area contributed by atoms with Crippen LogP contribution in [0.5, 0.6) is 0 Å². The van der Waals surface area contributed by atoms with Gasteiger partial charge in [0.1, 0.15) is 11.6 Å². The van der Waals surface area contributed by atoms with Gasteiger partial charge in [0.05, 0.1) is 12.5 Å². The number of carbonyl (C=O) groups is 1. The van der Waals surface area contributed by atoms with E-state index in [1.807, 2.05) is 6.07 Å². The van der Waals surface area contributed by atoms with Crippen molar-refractivity contribution in [3.8, 4) is 12.1 Å². The van der Waals surface area contributed by atoms with E-state index >= 15 is 0 Å². The van der Waals surface area contributed by atoms with E-state index in [4.69, 9.17) is 22.1 Å². The second-order valence-corrected chi connectivity index (χ2v) is 4.28. The lowest BCUT2D eigenvalue weighted by atomic mass is 10.2. The average molecular weight is 289 g/mol. The summed E-state index contributed by atoms with van der Waals surface area (Å²) in [7, 11) is 0. The molecule has 0 aliphatic heterocycles. The van der Waals surface area contributed by atoms with Gasteiger partial charge in [-0.15, -0.1) is 0 Å². The molecule has 102 valence electrons. The largest absolute Gasteiger partial charge is 0.389 e. The molecule has 0 aromatic heterocycles. The molecular formula is C14H13ClN4O. The second kappa shape index (κ2) is 8.58. The summed E-state index contributed by atoms with van der Waals surface area (Å²) in [5.74, 6) is -0.466. The quantitative estimate of drug-likeness (QED) is 0.475. The Balaban J connectivity index is 2.49. The Bertz CT molecular complexity index is 566. The molecule has 0 radical (unpaired) electrons. The van der Waals surface area contributed by atoms with Crippen LogP contribution in [0.25, 0.3) is 0 Å². The highest BCUT2D eigenvalue weighted by Crippen LogP contribution is 2.09. The first-order valence-corrected chi connectivity index (χ1v) is 6.28. The Kier molecular flexibility index (Phi) is 6.67. The number of carbonyl (C=O) groups excluding carboxylic acids is 1. The van der Waals surface area contributed by atoms with Crippen LogP contribution in [0.1, 0.15) is 12.0 Å². The minimum Gasteiger partial charge on any atom is -0.389 e. The molecule has 0 bridgehead atoms. The lowest BCUT2D eigenvalue weighted by molar-refractivity contribution is -0.117. The van der Waals surface area contributed by atoms with Crippen molar-refractivity contribution in [3.05, 3.63) is 46.6 Å². The van der Waals surface area contributed by atoms with E-state index in [1.54, 1.807) is 30.3 Å². The van der Waals surface area contributed by atoms with E-state index in [0.717, 1.165) is 5.56 Å². The number of rotatable bonds is 6. The number of amides is 1. The fraction of sp³-hybridized carbons (Fsp3) is 0.214. The zero-order valence-corrected chi connectivity index (χ0v) is 11.4. The summed E-state index contributed by atoms with van der Waals surface area (Å²) >= 11 is 5.76. The number of nitrogens with one attached hydrogen (secondary N) is 2. The predicted molar refractivity (Wildman–Crippen MR) is 75.2 cm³/mol. The standard InChI is InChI=1S/C14H13ClN4O/c15-13-4-2-11(3-5-13)9-19-14(20)12(8-17)10-18-7-1-6-16/h2-5,10,18H,1,7,9H2,(H,19,20)/b12-10-. The van der Waals surface area contributed by atoms with Gasteiger partial charge in [0.15, 0.2) is 0 Å². The monoisotopic (exact) mass is 288 g/mol. The zero-order valence-electron chi connectivity index (χ0n) is 10.7. The van der Waals surface area contributed by atoms with Crippen molar-refractivity contribution in [2.45, 2.75) is 13.0 Å². The Morgan fingerprint density at radius 1 is 1.30 bits per heavy atom. The van der Waals surface area contributed by atoms with Crippen LogP contribution in [-0.4, -0.2) is 12.5 Å². The maximum atomic E-state index is 11.7. The summed E-state index contributed by atoms with van der Waals surface area (Å²) in [5, 5.41) is 23.2. The molecule has 0 unspecified atom stereocenters. The third-order valence-corrected chi connectivity index (χ3v) is 2.61. The van der Waals surface area contributed by atoms with Gasteiger partial charge in [-0.1, -0.05) is 23.7 Å². The lowest BCUT2D eigenvalue weighted by Gasteiger charge is -2.05. The minimum atomic E-state index is -0.466. The minimum absolute atomic E-state index is 0.0306. The van der Waals surface area contributed by atoms with E-state index in [0.29, 0.717) is 24.5 Å². The van der Waals surface area contributed by atoms with Crippen LogP contribution in [0, 0.1) is 22.7 Å². The molecular weight excluding hydrogens is 276 g/mol. The van der Waals surface area contributed by atoms with E-state index in [2.05, 4.69) is 10.6 Å². The van der Waals surface area contributed by atoms with Gasteiger partial charge in [-0.3, -0.25) is 4.79 Å². The lowest BCUT2D eigenvalue weighted by Crippen LogP contribution is -2.25. The van der Waals surface area contributed by atoms with Gasteiger partial charge >= 0.3 is 0 Å². The third-order valence-electron chi connectivity index (χ3n) is 2.36. The third kappa shape index (κ3) is 5.43. The summed E-state index contributed by atoms with van der Waals surface area (Å²) in [6.45, 7) is 0.708. The smallest absolute Gasteiger partial charge is 0.263 e. The first kappa shape index (κ1) is 15.6. The molecule has 5 nitrogen and oxygen atoms in total. The van der Waals surface area contributed by atoms with Crippen molar-refractivity contribution in [1.29, 1.82) is 10.5 Å². The number of halogens is 1. The summed E-state index contributed by atoms with van der Waals surface area (Å²) in [6, 6.07) is 10.8. The molecule has 0 saturated carbocycles. The Labute approximate surface area is 122 Å². The highest BCUT2D eigenvalue weighted by Gasteiger charge is 2.07. The van der Waals surface area contributed by atoms with Crippen molar-refractivity contribution in [3.63, 3.8) is 0 Å². The van der Waals surface area contributed by atoms with Crippen LogP contribution < -0.4 is 10.6 Å².